The molecular weight excluding hydrogens is 382 g/mol. The second-order valence-electron chi connectivity index (χ2n) is 6.50. The Morgan fingerprint density at radius 3 is 2.36 bits per heavy atom. The third kappa shape index (κ3) is 4.37. The SMILES string of the molecule is NC(=O)C(OC(=O)C1CCN(S(=O)(=O)c2cccnc2)CC1)c1ccccc1. The van der Waals surface area contributed by atoms with Crippen LogP contribution in [0.1, 0.15) is 24.5 Å². The number of nitrogens with zero attached hydrogens (tertiary/aromatic N) is 2. The molecule has 1 aliphatic rings. The van der Waals surface area contributed by atoms with Crippen LogP contribution in [0.4, 0.5) is 0 Å². The van der Waals surface area contributed by atoms with Crippen molar-refractivity contribution in [2.45, 2.75) is 23.8 Å². The highest BCUT2D eigenvalue weighted by atomic mass is 32.2. The molecular formula is C19H21N3O5S. The van der Waals surface area contributed by atoms with Gasteiger partial charge in [0.1, 0.15) is 4.90 Å². The van der Waals surface area contributed by atoms with Crippen molar-refractivity contribution >= 4 is 21.9 Å². The first-order valence-corrected chi connectivity index (χ1v) is 10.3. The van der Waals surface area contributed by atoms with Gasteiger partial charge in [0.15, 0.2) is 0 Å². The fourth-order valence-electron chi connectivity index (χ4n) is 3.11. The van der Waals surface area contributed by atoms with E-state index in [0.29, 0.717) is 18.4 Å². The van der Waals surface area contributed by atoms with E-state index in [1.807, 2.05) is 0 Å². The van der Waals surface area contributed by atoms with Crippen LogP contribution in [-0.4, -0.2) is 42.7 Å². The maximum absolute atomic E-state index is 12.6. The van der Waals surface area contributed by atoms with Gasteiger partial charge in [-0.25, -0.2) is 8.42 Å². The quantitative estimate of drug-likeness (QED) is 0.725. The standard InChI is InChI=1S/C19H21N3O5S/c20-18(23)17(14-5-2-1-3-6-14)27-19(24)15-8-11-22(12-9-15)28(25,26)16-7-4-10-21-13-16/h1-7,10,13,15,17H,8-9,11-12H2,(H2,20,23). The van der Waals surface area contributed by atoms with E-state index in [0.717, 1.165) is 0 Å². The molecule has 148 valence electrons. The van der Waals surface area contributed by atoms with Crippen LogP contribution in [-0.2, 0) is 24.3 Å². The molecule has 8 nitrogen and oxygen atoms in total. The van der Waals surface area contributed by atoms with E-state index < -0.39 is 33.9 Å². The summed E-state index contributed by atoms with van der Waals surface area (Å²) in [6.45, 7) is 0.368. The molecule has 2 heterocycles. The van der Waals surface area contributed by atoms with Gasteiger partial charge in [0, 0.05) is 31.0 Å². The van der Waals surface area contributed by atoms with Crippen molar-refractivity contribution in [2.75, 3.05) is 13.1 Å². The number of hydrogen-bond acceptors (Lipinski definition) is 6. The number of rotatable bonds is 6. The zero-order valence-corrected chi connectivity index (χ0v) is 15.9. The Morgan fingerprint density at radius 1 is 1.11 bits per heavy atom. The smallest absolute Gasteiger partial charge is 0.310 e. The highest BCUT2D eigenvalue weighted by Crippen LogP contribution is 2.26. The average molecular weight is 403 g/mol. The second-order valence-corrected chi connectivity index (χ2v) is 8.44. The highest BCUT2D eigenvalue weighted by molar-refractivity contribution is 7.89. The van der Waals surface area contributed by atoms with E-state index in [2.05, 4.69) is 4.98 Å². The number of esters is 1. The molecule has 1 unspecified atom stereocenters. The van der Waals surface area contributed by atoms with Crippen LogP contribution in [0.5, 0.6) is 0 Å². The van der Waals surface area contributed by atoms with Gasteiger partial charge in [-0.15, -0.1) is 0 Å². The number of pyridine rings is 1. The Labute approximate surface area is 163 Å². The van der Waals surface area contributed by atoms with Gasteiger partial charge in [0.2, 0.25) is 16.1 Å². The molecule has 0 bridgehead atoms. The van der Waals surface area contributed by atoms with Crippen LogP contribution >= 0.6 is 0 Å². The van der Waals surface area contributed by atoms with Crippen molar-refractivity contribution in [1.29, 1.82) is 0 Å². The van der Waals surface area contributed by atoms with Crippen molar-refractivity contribution in [3.8, 4) is 0 Å². The van der Waals surface area contributed by atoms with E-state index in [4.69, 9.17) is 10.5 Å². The zero-order chi connectivity index (χ0) is 20.1. The number of sulfonamides is 1. The number of amides is 1. The van der Waals surface area contributed by atoms with E-state index in [1.54, 1.807) is 36.4 Å². The monoisotopic (exact) mass is 403 g/mol. The Morgan fingerprint density at radius 2 is 1.79 bits per heavy atom. The van der Waals surface area contributed by atoms with Gasteiger partial charge in [-0.05, 0) is 25.0 Å². The lowest BCUT2D eigenvalue weighted by Crippen LogP contribution is -2.41. The number of ether oxygens (including phenoxy) is 1. The first-order valence-electron chi connectivity index (χ1n) is 8.84. The van der Waals surface area contributed by atoms with Crippen LogP contribution in [0.25, 0.3) is 0 Å². The molecule has 28 heavy (non-hydrogen) atoms. The second kappa shape index (κ2) is 8.49. The molecule has 1 aromatic heterocycles. The Bertz CT molecular complexity index is 927. The van der Waals surface area contributed by atoms with Crippen molar-refractivity contribution in [2.24, 2.45) is 11.7 Å². The van der Waals surface area contributed by atoms with Gasteiger partial charge in [-0.2, -0.15) is 4.31 Å². The molecule has 1 aliphatic heterocycles. The number of carbonyl (C=O) groups is 2. The molecule has 1 aromatic carbocycles. The maximum Gasteiger partial charge on any atom is 0.310 e. The fourth-order valence-corrected chi connectivity index (χ4v) is 4.55. The lowest BCUT2D eigenvalue weighted by Gasteiger charge is -2.30. The van der Waals surface area contributed by atoms with Gasteiger partial charge in [-0.1, -0.05) is 30.3 Å². The molecule has 1 saturated heterocycles. The third-order valence-electron chi connectivity index (χ3n) is 4.65. The molecule has 2 aromatic rings. The zero-order valence-electron chi connectivity index (χ0n) is 15.1. The number of hydrogen-bond donors (Lipinski definition) is 1. The largest absolute Gasteiger partial charge is 0.447 e. The number of nitrogens with two attached hydrogens (primary N) is 1. The van der Waals surface area contributed by atoms with Gasteiger partial charge < -0.3 is 10.5 Å². The maximum atomic E-state index is 12.6. The molecule has 3 rings (SSSR count). The lowest BCUT2D eigenvalue weighted by molar-refractivity contribution is -0.160. The predicted octanol–water partition coefficient (Wildman–Crippen LogP) is 1.25. The van der Waals surface area contributed by atoms with E-state index in [-0.39, 0.29) is 18.0 Å². The minimum absolute atomic E-state index is 0.119. The molecule has 0 spiro atoms. The first-order chi connectivity index (χ1) is 13.4. The third-order valence-corrected chi connectivity index (χ3v) is 6.54. The number of benzene rings is 1. The normalized spacial score (nSPS) is 17.0. The average Bonchev–Trinajstić information content (AvgIpc) is 2.73. The van der Waals surface area contributed by atoms with E-state index in [1.165, 1.54) is 22.8 Å². The minimum Gasteiger partial charge on any atom is -0.447 e. The predicted molar refractivity (Wildman–Crippen MR) is 100 cm³/mol. The fraction of sp³-hybridized carbons (Fsp3) is 0.316. The van der Waals surface area contributed by atoms with Crippen LogP contribution < -0.4 is 5.73 Å². The Hall–Kier alpha value is -2.78. The molecule has 1 amide bonds. The highest BCUT2D eigenvalue weighted by Gasteiger charge is 2.34. The van der Waals surface area contributed by atoms with Crippen LogP contribution in [0.2, 0.25) is 0 Å². The summed E-state index contributed by atoms with van der Waals surface area (Å²) in [6, 6.07) is 11.6. The molecule has 0 saturated carbocycles. The molecule has 1 fully saturated rings. The number of primary amides is 1. The minimum atomic E-state index is -3.65. The van der Waals surface area contributed by atoms with Crippen molar-refractivity contribution < 1.29 is 22.7 Å². The molecule has 2 N–H and O–H groups in total. The van der Waals surface area contributed by atoms with Crippen LogP contribution in [0.15, 0.2) is 59.8 Å². The molecule has 9 heteroatoms. The van der Waals surface area contributed by atoms with Gasteiger partial charge >= 0.3 is 5.97 Å². The Kier molecular flexibility index (Phi) is 6.05. The van der Waals surface area contributed by atoms with Crippen molar-refractivity contribution in [1.82, 2.24) is 9.29 Å². The summed E-state index contributed by atoms with van der Waals surface area (Å²) in [7, 11) is -3.65. The number of carbonyl (C=O) groups excluding carboxylic acids is 2. The van der Waals surface area contributed by atoms with Crippen LogP contribution in [0.3, 0.4) is 0 Å². The van der Waals surface area contributed by atoms with E-state index in [9.17, 15) is 18.0 Å². The molecule has 0 radical (unpaired) electrons. The summed E-state index contributed by atoms with van der Waals surface area (Å²) >= 11 is 0. The summed E-state index contributed by atoms with van der Waals surface area (Å²) in [6.07, 6.45) is 2.25. The summed E-state index contributed by atoms with van der Waals surface area (Å²) in [5, 5.41) is 0. The summed E-state index contributed by atoms with van der Waals surface area (Å²) in [5.41, 5.74) is 5.88. The number of piperidine rings is 1. The summed E-state index contributed by atoms with van der Waals surface area (Å²) < 4.78 is 31.9. The van der Waals surface area contributed by atoms with E-state index >= 15 is 0 Å². The van der Waals surface area contributed by atoms with Crippen molar-refractivity contribution in [3.05, 3.63) is 60.4 Å². The lowest BCUT2D eigenvalue weighted by atomic mass is 9.98. The van der Waals surface area contributed by atoms with Gasteiger partial charge in [-0.3, -0.25) is 14.6 Å². The first kappa shape index (κ1) is 20.0. The summed E-state index contributed by atoms with van der Waals surface area (Å²) in [4.78, 5) is 28.2. The number of aromatic nitrogens is 1. The van der Waals surface area contributed by atoms with Gasteiger partial charge in [0.25, 0.3) is 5.91 Å². The van der Waals surface area contributed by atoms with Crippen molar-refractivity contribution in [3.63, 3.8) is 0 Å². The topological polar surface area (TPSA) is 120 Å². The molecule has 1 atom stereocenters. The van der Waals surface area contributed by atoms with Gasteiger partial charge in [0.05, 0.1) is 5.92 Å². The van der Waals surface area contributed by atoms with Crippen LogP contribution in [0, 0.1) is 5.92 Å². The summed E-state index contributed by atoms with van der Waals surface area (Å²) in [5.74, 6) is -1.80. The Balaban J connectivity index is 1.63. The molecule has 0 aliphatic carbocycles.